The van der Waals surface area contributed by atoms with Gasteiger partial charge < -0.3 is 24.6 Å². The Morgan fingerprint density at radius 3 is 2.29 bits per heavy atom. The first kappa shape index (κ1) is 20.8. The van der Waals surface area contributed by atoms with Crippen molar-refractivity contribution in [3.8, 4) is 11.5 Å². The fraction of sp³-hybridized carbons (Fsp3) is 0.238. The van der Waals surface area contributed by atoms with Crippen LogP contribution in [0.15, 0.2) is 48.5 Å². The predicted molar refractivity (Wildman–Crippen MR) is 105 cm³/mol. The molecule has 0 radical (unpaired) electrons. The molecule has 0 fully saturated rings. The van der Waals surface area contributed by atoms with Gasteiger partial charge in [0.1, 0.15) is 18.1 Å². The van der Waals surface area contributed by atoms with E-state index >= 15 is 0 Å². The molecule has 2 aromatic carbocycles. The molecule has 28 heavy (non-hydrogen) atoms. The summed E-state index contributed by atoms with van der Waals surface area (Å²) in [5, 5.41) is 11.8. The molecule has 0 atom stereocenters. The molecule has 0 bridgehead atoms. The zero-order valence-electron chi connectivity index (χ0n) is 15.8. The molecule has 2 N–H and O–H groups in total. The van der Waals surface area contributed by atoms with Crippen LogP contribution in [-0.2, 0) is 11.3 Å². The molecule has 0 unspecified atom stereocenters. The number of amides is 1. The number of ether oxygens (including phenoxy) is 3. The van der Waals surface area contributed by atoms with Crippen LogP contribution in [0.1, 0.15) is 27.9 Å². The number of hydrogen-bond acceptors (Lipinski definition) is 5. The topological polar surface area (TPSA) is 94.1 Å². The van der Waals surface area contributed by atoms with Gasteiger partial charge in [0.05, 0.1) is 25.3 Å². The Morgan fingerprint density at radius 2 is 1.71 bits per heavy atom. The van der Waals surface area contributed by atoms with Crippen molar-refractivity contribution in [2.45, 2.75) is 13.0 Å². The lowest BCUT2D eigenvalue weighted by Crippen LogP contribution is -2.24. The number of nitrogens with one attached hydrogen (secondary N) is 1. The van der Waals surface area contributed by atoms with Crippen molar-refractivity contribution in [2.24, 2.45) is 0 Å². The summed E-state index contributed by atoms with van der Waals surface area (Å²) in [5.41, 5.74) is 1.62. The molecule has 7 heteroatoms. The first-order chi connectivity index (χ1) is 13.5. The molecule has 0 saturated carbocycles. The van der Waals surface area contributed by atoms with E-state index in [1.807, 2.05) is 36.4 Å². The highest BCUT2D eigenvalue weighted by atomic mass is 16.5. The Labute approximate surface area is 163 Å². The third-order valence-electron chi connectivity index (χ3n) is 3.87. The Bertz CT molecular complexity index is 807. The molecule has 0 aliphatic rings. The monoisotopic (exact) mass is 385 g/mol. The highest BCUT2D eigenvalue weighted by molar-refractivity contribution is 5.90. The fourth-order valence-corrected chi connectivity index (χ4v) is 2.46. The molecule has 7 nitrogen and oxygen atoms in total. The van der Waals surface area contributed by atoms with Gasteiger partial charge in [-0.3, -0.25) is 0 Å². The van der Waals surface area contributed by atoms with E-state index in [1.54, 1.807) is 6.08 Å². The van der Waals surface area contributed by atoms with Crippen molar-refractivity contribution in [3.05, 3.63) is 65.2 Å². The maximum Gasteiger partial charge on any atom is 0.407 e. The Hall–Kier alpha value is -3.48. The summed E-state index contributed by atoms with van der Waals surface area (Å²) >= 11 is 0. The highest BCUT2D eigenvalue weighted by Crippen LogP contribution is 2.32. The smallest absolute Gasteiger partial charge is 0.407 e. The van der Waals surface area contributed by atoms with Crippen LogP contribution in [0, 0.1) is 0 Å². The molecule has 148 valence electrons. The first-order valence-corrected chi connectivity index (χ1v) is 8.65. The number of alkyl carbamates (subject to hydrolysis) is 1. The van der Waals surface area contributed by atoms with Gasteiger partial charge in [-0.05, 0) is 24.1 Å². The Morgan fingerprint density at radius 1 is 1.07 bits per heavy atom. The zero-order valence-corrected chi connectivity index (χ0v) is 15.8. The van der Waals surface area contributed by atoms with Gasteiger partial charge in [0.25, 0.3) is 0 Å². The lowest BCUT2D eigenvalue weighted by molar-refractivity contribution is 0.0696. The molecule has 2 aromatic rings. The van der Waals surface area contributed by atoms with Gasteiger partial charge in [-0.1, -0.05) is 42.5 Å². The van der Waals surface area contributed by atoms with Crippen molar-refractivity contribution in [1.29, 1.82) is 0 Å². The zero-order chi connectivity index (χ0) is 20.4. The van der Waals surface area contributed by atoms with E-state index < -0.39 is 12.1 Å². The van der Waals surface area contributed by atoms with Crippen LogP contribution in [0.4, 0.5) is 4.79 Å². The molecule has 1 amide bonds. The number of carbonyl (C=O) groups excluding carboxylic acids is 1. The van der Waals surface area contributed by atoms with E-state index in [2.05, 4.69) is 5.32 Å². The first-order valence-electron chi connectivity index (χ1n) is 8.65. The number of carboxylic acid groups (broad SMARTS) is 1. The summed E-state index contributed by atoms with van der Waals surface area (Å²) < 4.78 is 15.7. The van der Waals surface area contributed by atoms with Crippen LogP contribution in [0.3, 0.4) is 0 Å². The number of rotatable bonds is 9. The average molecular weight is 385 g/mol. The summed E-state index contributed by atoms with van der Waals surface area (Å²) in [4.78, 5) is 22.9. The SMILES string of the molecule is COc1cc(C(=O)O)cc(OC)c1C=CCCNC(=O)OCc1ccccc1. The van der Waals surface area contributed by atoms with E-state index in [9.17, 15) is 9.59 Å². The minimum atomic E-state index is -1.06. The van der Waals surface area contributed by atoms with Crippen LogP contribution in [0.25, 0.3) is 6.08 Å². The molecule has 0 aliphatic carbocycles. The van der Waals surface area contributed by atoms with E-state index in [0.29, 0.717) is 30.0 Å². The second-order valence-electron chi connectivity index (χ2n) is 5.78. The second-order valence-corrected chi connectivity index (χ2v) is 5.78. The lowest BCUT2D eigenvalue weighted by Gasteiger charge is -2.11. The minimum Gasteiger partial charge on any atom is -0.496 e. The second kappa shape index (κ2) is 10.6. The molecule has 0 spiro atoms. The third kappa shape index (κ3) is 6.05. The number of methoxy groups -OCH3 is 2. The van der Waals surface area contributed by atoms with Gasteiger partial charge in [0.15, 0.2) is 0 Å². The summed E-state index contributed by atoms with van der Waals surface area (Å²) in [6.45, 7) is 0.606. The van der Waals surface area contributed by atoms with Crippen molar-refractivity contribution >= 4 is 18.1 Å². The normalized spacial score (nSPS) is 10.5. The Kier molecular flexibility index (Phi) is 7.90. The lowest BCUT2D eigenvalue weighted by atomic mass is 10.1. The van der Waals surface area contributed by atoms with Crippen LogP contribution < -0.4 is 14.8 Å². The van der Waals surface area contributed by atoms with Crippen LogP contribution in [-0.4, -0.2) is 37.9 Å². The molecular weight excluding hydrogens is 362 g/mol. The summed E-state index contributed by atoms with van der Waals surface area (Å²) in [5.74, 6) is -0.281. The van der Waals surface area contributed by atoms with Crippen LogP contribution >= 0.6 is 0 Å². The van der Waals surface area contributed by atoms with Gasteiger partial charge in [-0.2, -0.15) is 0 Å². The van der Waals surface area contributed by atoms with Crippen LogP contribution in [0.5, 0.6) is 11.5 Å². The third-order valence-corrected chi connectivity index (χ3v) is 3.87. The maximum atomic E-state index is 11.7. The average Bonchev–Trinajstić information content (AvgIpc) is 2.72. The van der Waals surface area contributed by atoms with Crippen molar-refractivity contribution in [1.82, 2.24) is 5.32 Å². The summed E-state index contributed by atoms with van der Waals surface area (Å²) in [6.07, 6.45) is 3.66. The number of carboxylic acids is 1. The largest absolute Gasteiger partial charge is 0.496 e. The molecule has 0 aliphatic heterocycles. The predicted octanol–water partition coefficient (Wildman–Crippen LogP) is 3.73. The molecule has 0 heterocycles. The van der Waals surface area contributed by atoms with Gasteiger partial charge in [0.2, 0.25) is 0 Å². The summed E-state index contributed by atoms with van der Waals surface area (Å²) in [7, 11) is 2.92. The van der Waals surface area contributed by atoms with Crippen molar-refractivity contribution in [2.75, 3.05) is 20.8 Å². The van der Waals surface area contributed by atoms with E-state index in [-0.39, 0.29) is 12.2 Å². The van der Waals surface area contributed by atoms with E-state index in [4.69, 9.17) is 19.3 Å². The number of hydrogen-bond donors (Lipinski definition) is 2. The number of aromatic carboxylic acids is 1. The fourth-order valence-electron chi connectivity index (χ4n) is 2.46. The van der Waals surface area contributed by atoms with E-state index in [1.165, 1.54) is 26.4 Å². The van der Waals surface area contributed by atoms with Gasteiger partial charge in [-0.25, -0.2) is 9.59 Å². The van der Waals surface area contributed by atoms with Gasteiger partial charge >= 0.3 is 12.1 Å². The molecule has 0 aromatic heterocycles. The Balaban J connectivity index is 1.87. The molecule has 0 saturated heterocycles. The summed E-state index contributed by atoms with van der Waals surface area (Å²) in [6, 6.07) is 12.3. The van der Waals surface area contributed by atoms with Crippen molar-refractivity contribution < 1.29 is 28.9 Å². The van der Waals surface area contributed by atoms with E-state index in [0.717, 1.165) is 5.56 Å². The number of benzene rings is 2. The standard InChI is InChI=1S/C21H23NO6/c1-26-18-12-16(20(23)24)13-19(27-2)17(18)10-6-7-11-22-21(25)28-14-15-8-4-3-5-9-15/h3-6,8-10,12-13H,7,11,14H2,1-2H3,(H,22,25)(H,23,24). The van der Waals surface area contributed by atoms with Gasteiger partial charge in [0, 0.05) is 6.54 Å². The maximum absolute atomic E-state index is 11.7. The highest BCUT2D eigenvalue weighted by Gasteiger charge is 2.13. The van der Waals surface area contributed by atoms with Crippen LogP contribution in [0.2, 0.25) is 0 Å². The quantitative estimate of drug-likeness (QED) is 0.639. The van der Waals surface area contributed by atoms with Crippen molar-refractivity contribution in [3.63, 3.8) is 0 Å². The minimum absolute atomic E-state index is 0.0775. The van der Waals surface area contributed by atoms with Gasteiger partial charge in [-0.15, -0.1) is 0 Å². The molecular formula is C21H23NO6. The number of carbonyl (C=O) groups is 2. The molecule has 2 rings (SSSR count).